The zero-order valence-electron chi connectivity index (χ0n) is 53.4. The second-order valence-electron chi connectivity index (χ2n) is 25.0. The van der Waals surface area contributed by atoms with Gasteiger partial charge in [-0.2, -0.15) is 0 Å². The number of hydrogen-bond donors (Lipinski definition) is 14. The van der Waals surface area contributed by atoms with Gasteiger partial charge in [0.15, 0.2) is 12.6 Å². The van der Waals surface area contributed by atoms with Gasteiger partial charge in [-0.3, -0.25) is 9.59 Å². The van der Waals surface area contributed by atoms with E-state index in [4.69, 9.17) is 28.4 Å². The predicted molar refractivity (Wildman–Crippen MR) is 331 cm³/mol. The summed E-state index contributed by atoms with van der Waals surface area (Å²) in [5.74, 6) is -6.14. The standard InChI is InChI=1S/C66H114N2O21/c1-4-6-8-10-12-14-16-18-19-21-23-25-27-29-31-33-52(75)67-46(47(72)32-30-28-26-24-22-20-17-15-13-11-9-7-5-2)43-84-63-58(80)57(79)60(51(42-71)86-63)87-64-59(81)62(56(78)50(41-70)85-64)89-66(65(82)83)39-48(73)54(61(88-66)55(77)49(74)40-69)68-53(76)38-45-36-34-44(3)35-37-45/h30,32,34-37,46-51,54-64,69-74,77-81H,4-29,31,33,38-43H2,1-3H3,(H,67,75)(H,68,76)(H,82,83)/b32-30+/t46-,47+,48-,49+,50+,51+,54+,55+,56-,57+,58+,59+,60+,61+,62-,63+,64-,66-/m0/s1. The number of benzene rings is 1. The van der Waals surface area contributed by atoms with Crippen LogP contribution in [0, 0.1) is 6.92 Å². The molecule has 3 aliphatic rings. The molecule has 0 spiro atoms. The summed E-state index contributed by atoms with van der Waals surface area (Å²) in [6.07, 6.45) is 4.97. The SMILES string of the molecule is CCCCCCCCCCCCC/C=C/[C@@H](O)[C@H](CO[C@@H]1O[C@H](CO)[C@@H](O[C@@H]2O[C@H](CO)[C@H](O)[C@H](O[C@]3(C(=O)O)C[C@H](O)[C@@H](NC(=O)Cc4ccc(C)cc4)[C@H]([C@H](O)[C@H](O)CO)O3)[C@H]2O)[C@H](O)[C@H]1O)NC(=O)CCCCCCCCCCCCCCCCC. The van der Waals surface area contributed by atoms with Crippen molar-refractivity contribution in [1.82, 2.24) is 10.6 Å². The number of aliphatic hydroxyl groups is 11. The lowest BCUT2D eigenvalue weighted by Gasteiger charge is -2.50. The number of amides is 2. The molecular formula is C66H114N2O21. The Bertz CT molecular complexity index is 2090. The molecule has 0 bridgehead atoms. The molecule has 3 aliphatic heterocycles. The quantitative estimate of drug-likeness (QED) is 0.0311. The van der Waals surface area contributed by atoms with Crippen molar-refractivity contribution in [2.75, 3.05) is 26.4 Å². The Labute approximate surface area is 527 Å². The minimum Gasteiger partial charge on any atom is -0.477 e. The van der Waals surface area contributed by atoms with E-state index in [2.05, 4.69) is 24.5 Å². The number of carboxylic acid groups (broad SMARTS) is 1. The average molecular weight is 1270 g/mol. The Morgan fingerprint density at radius 1 is 0.640 bits per heavy atom. The molecule has 0 aliphatic carbocycles. The fraction of sp³-hybridized carbons (Fsp3) is 0.833. The van der Waals surface area contributed by atoms with Crippen molar-refractivity contribution in [2.45, 2.75) is 323 Å². The van der Waals surface area contributed by atoms with Gasteiger partial charge >= 0.3 is 5.97 Å². The van der Waals surface area contributed by atoms with E-state index in [0.717, 1.165) is 50.5 Å². The van der Waals surface area contributed by atoms with E-state index in [1.165, 1.54) is 116 Å². The summed E-state index contributed by atoms with van der Waals surface area (Å²) in [5.41, 5.74) is 1.48. The van der Waals surface area contributed by atoms with E-state index >= 15 is 0 Å². The number of unbranched alkanes of at least 4 members (excludes halogenated alkanes) is 25. The molecule has 0 radical (unpaired) electrons. The Morgan fingerprint density at radius 2 is 1.16 bits per heavy atom. The molecule has 1 aromatic carbocycles. The first-order valence-electron chi connectivity index (χ1n) is 33.6. The third-order valence-corrected chi connectivity index (χ3v) is 17.4. The van der Waals surface area contributed by atoms with Crippen LogP contribution in [0.3, 0.4) is 0 Å². The first kappa shape index (κ1) is 78.1. The lowest BCUT2D eigenvalue weighted by molar-refractivity contribution is -0.386. The monoisotopic (exact) mass is 1270 g/mol. The highest BCUT2D eigenvalue weighted by Gasteiger charge is 2.60. The van der Waals surface area contributed by atoms with Gasteiger partial charge in [0.25, 0.3) is 5.79 Å². The summed E-state index contributed by atoms with van der Waals surface area (Å²) < 4.78 is 35.1. The molecule has 0 saturated carbocycles. The van der Waals surface area contributed by atoms with Crippen LogP contribution in [0.15, 0.2) is 36.4 Å². The van der Waals surface area contributed by atoms with Gasteiger partial charge in [0, 0.05) is 12.8 Å². The van der Waals surface area contributed by atoms with Crippen LogP contribution in [0.5, 0.6) is 0 Å². The molecule has 3 saturated heterocycles. The molecule has 14 N–H and O–H groups in total. The number of aliphatic carboxylic acids is 1. The topological polar surface area (TPSA) is 373 Å². The minimum absolute atomic E-state index is 0.201. The van der Waals surface area contributed by atoms with Crippen LogP contribution in [0.2, 0.25) is 0 Å². The van der Waals surface area contributed by atoms with E-state index in [1.54, 1.807) is 30.3 Å². The molecule has 3 heterocycles. The number of rotatable bonds is 47. The number of nitrogens with one attached hydrogen (secondary N) is 2. The number of allylic oxidation sites excluding steroid dienone is 1. The lowest BCUT2D eigenvalue weighted by atomic mass is 9.88. The second kappa shape index (κ2) is 43.6. The number of ether oxygens (including phenoxy) is 6. The zero-order chi connectivity index (χ0) is 65.1. The van der Waals surface area contributed by atoms with Crippen LogP contribution >= 0.6 is 0 Å². The third kappa shape index (κ3) is 26.9. The van der Waals surface area contributed by atoms with Gasteiger partial charge in [-0.05, 0) is 31.7 Å². The first-order chi connectivity index (χ1) is 42.8. The fourth-order valence-corrected chi connectivity index (χ4v) is 11.8. The molecular weight excluding hydrogens is 1160 g/mol. The Morgan fingerprint density at radius 3 is 1.67 bits per heavy atom. The van der Waals surface area contributed by atoms with Gasteiger partial charge in [0.2, 0.25) is 11.8 Å². The van der Waals surface area contributed by atoms with Crippen molar-refractivity contribution in [3.05, 3.63) is 47.5 Å². The molecule has 4 rings (SSSR count). The molecule has 0 aromatic heterocycles. The van der Waals surface area contributed by atoms with Crippen molar-refractivity contribution >= 4 is 17.8 Å². The van der Waals surface area contributed by atoms with Gasteiger partial charge in [-0.15, -0.1) is 0 Å². The largest absolute Gasteiger partial charge is 0.477 e. The van der Waals surface area contributed by atoms with Gasteiger partial charge < -0.3 is 100 Å². The molecule has 2 amide bonds. The van der Waals surface area contributed by atoms with Crippen molar-refractivity contribution < 1.29 is 104 Å². The third-order valence-electron chi connectivity index (χ3n) is 17.4. The number of aryl methyl sites for hydroxylation is 1. The maximum Gasteiger partial charge on any atom is 0.364 e. The minimum atomic E-state index is -3.12. The molecule has 0 unspecified atom stereocenters. The van der Waals surface area contributed by atoms with E-state index in [9.17, 15) is 75.7 Å². The number of carboxylic acids is 1. The maximum absolute atomic E-state index is 13.4. The van der Waals surface area contributed by atoms with Crippen molar-refractivity contribution in [1.29, 1.82) is 0 Å². The van der Waals surface area contributed by atoms with Crippen LogP contribution in [0.4, 0.5) is 0 Å². The number of aliphatic hydroxyl groups excluding tert-OH is 11. The zero-order valence-corrected chi connectivity index (χ0v) is 53.4. The molecule has 3 fully saturated rings. The van der Waals surface area contributed by atoms with Crippen molar-refractivity contribution in [3.63, 3.8) is 0 Å². The summed E-state index contributed by atoms with van der Waals surface area (Å²) in [5, 5.41) is 138. The van der Waals surface area contributed by atoms with Gasteiger partial charge in [-0.1, -0.05) is 210 Å². The molecule has 89 heavy (non-hydrogen) atoms. The predicted octanol–water partition coefficient (Wildman–Crippen LogP) is 4.70. The summed E-state index contributed by atoms with van der Waals surface area (Å²) >= 11 is 0. The molecule has 1 aromatic rings. The van der Waals surface area contributed by atoms with Crippen LogP contribution < -0.4 is 10.6 Å². The molecule has 18 atom stereocenters. The summed E-state index contributed by atoms with van der Waals surface area (Å²) in [7, 11) is 0. The van der Waals surface area contributed by atoms with E-state index < -0.39 is 155 Å². The van der Waals surface area contributed by atoms with E-state index in [1.807, 2.05) is 13.0 Å². The first-order valence-corrected chi connectivity index (χ1v) is 33.6. The Hall–Kier alpha value is -3.31. The summed E-state index contributed by atoms with van der Waals surface area (Å²) in [6, 6.07) is 4.21. The average Bonchev–Trinajstić information content (AvgIpc) is 0.846. The highest BCUT2D eigenvalue weighted by Crippen LogP contribution is 2.39. The Kier molecular flexibility index (Phi) is 38.2. The number of carbonyl (C=O) groups excluding carboxylic acids is 2. The van der Waals surface area contributed by atoms with Crippen molar-refractivity contribution in [3.8, 4) is 0 Å². The molecule has 23 nitrogen and oxygen atoms in total. The van der Waals surface area contributed by atoms with Crippen LogP contribution in [0.1, 0.15) is 211 Å². The van der Waals surface area contributed by atoms with Crippen LogP contribution in [-0.4, -0.2) is 215 Å². The number of hydrogen-bond acceptors (Lipinski definition) is 20. The summed E-state index contributed by atoms with van der Waals surface area (Å²) in [6.45, 7) is 2.86. The number of carbonyl (C=O) groups is 3. The van der Waals surface area contributed by atoms with Gasteiger partial charge in [-0.25, -0.2) is 4.79 Å². The lowest BCUT2D eigenvalue weighted by Crippen LogP contribution is -2.71. The maximum atomic E-state index is 13.4. The smallest absolute Gasteiger partial charge is 0.364 e. The van der Waals surface area contributed by atoms with Crippen molar-refractivity contribution in [2.24, 2.45) is 0 Å². The van der Waals surface area contributed by atoms with Crippen LogP contribution in [0.25, 0.3) is 0 Å². The van der Waals surface area contributed by atoms with E-state index in [-0.39, 0.29) is 18.7 Å². The normalized spacial score (nSPS) is 28.8. The second-order valence-corrected chi connectivity index (χ2v) is 25.0. The Balaban J connectivity index is 1.40. The highest BCUT2D eigenvalue weighted by atomic mass is 16.8. The van der Waals surface area contributed by atoms with Crippen LogP contribution in [-0.2, 0) is 49.2 Å². The summed E-state index contributed by atoms with van der Waals surface area (Å²) in [4.78, 5) is 40.0. The fourth-order valence-electron chi connectivity index (χ4n) is 11.8. The van der Waals surface area contributed by atoms with Gasteiger partial charge in [0.1, 0.15) is 67.1 Å². The van der Waals surface area contributed by atoms with Gasteiger partial charge in [0.05, 0.1) is 57.1 Å². The molecule has 23 heteroatoms. The van der Waals surface area contributed by atoms with E-state index in [0.29, 0.717) is 18.4 Å². The molecule has 514 valence electrons. The highest BCUT2D eigenvalue weighted by molar-refractivity contribution is 5.79.